The van der Waals surface area contributed by atoms with E-state index in [0.29, 0.717) is 49.1 Å². The van der Waals surface area contributed by atoms with Gasteiger partial charge in [-0.05, 0) is 61.2 Å². The van der Waals surface area contributed by atoms with Crippen LogP contribution in [0.15, 0.2) is 61.9 Å². The number of aromatic nitrogens is 1. The zero-order valence-corrected chi connectivity index (χ0v) is 25.1. The lowest BCUT2D eigenvalue weighted by Crippen LogP contribution is -2.40. The van der Waals surface area contributed by atoms with Gasteiger partial charge >= 0.3 is 5.97 Å². The quantitative estimate of drug-likeness (QED) is 0.327. The molecule has 0 unspecified atom stereocenters. The molecular formula is C29H31BrN2O6S. The monoisotopic (exact) mass is 614 g/mol. The van der Waals surface area contributed by atoms with E-state index in [1.165, 1.54) is 18.4 Å². The fourth-order valence-electron chi connectivity index (χ4n) is 4.24. The smallest absolute Gasteiger partial charge is 0.338 e. The van der Waals surface area contributed by atoms with Crippen LogP contribution in [0.2, 0.25) is 0 Å². The highest BCUT2D eigenvalue weighted by Gasteiger charge is 2.35. The maximum atomic E-state index is 13.9. The first kappa shape index (κ1) is 28.6. The molecule has 0 saturated carbocycles. The van der Waals surface area contributed by atoms with Crippen molar-refractivity contribution in [3.63, 3.8) is 0 Å². The lowest BCUT2D eigenvalue weighted by Gasteiger charge is -2.26. The number of ether oxygens (including phenoxy) is 4. The average molecular weight is 616 g/mol. The summed E-state index contributed by atoms with van der Waals surface area (Å²) in [6.45, 7) is 8.50. The van der Waals surface area contributed by atoms with Crippen LogP contribution in [0.25, 0.3) is 6.08 Å². The summed E-state index contributed by atoms with van der Waals surface area (Å²) in [5.41, 5.74) is 2.00. The SMILES string of the molecule is CCOC(=O)C1=C(C)N=c2s/c(=C/c3ccc(OCC(C)C)cc3)c(=O)n2[C@@H]1c1cc(OC)c(OC)cc1Br. The van der Waals surface area contributed by atoms with Crippen LogP contribution in [0.3, 0.4) is 0 Å². The Hall–Kier alpha value is -3.37. The molecule has 0 bridgehead atoms. The number of thiazole rings is 1. The van der Waals surface area contributed by atoms with E-state index in [9.17, 15) is 9.59 Å². The number of carbonyl (C=O) groups is 1. The number of hydrogen-bond donors (Lipinski definition) is 0. The first-order valence-corrected chi connectivity index (χ1v) is 14.1. The summed E-state index contributed by atoms with van der Waals surface area (Å²) in [5, 5.41) is 0. The molecular weight excluding hydrogens is 584 g/mol. The number of carbonyl (C=O) groups excluding carboxylic acids is 1. The normalized spacial score (nSPS) is 15.2. The van der Waals surface area contributed by atoms with Crippen molar-refractivity contribution in [2.75, 3.05) is 27.4 Å². The Morgan fingerprint density at radius 1 is 1.15 bits per heavy atom. The van der Waals surface area contributed by atoms with Crippen LogP contribution in [0.4, 0.5) is 0 Å². The van der Waals surface area contributed by atoms with Crippen molar-refractivity contribution in [1.82, 2.24) is 4.57 Å². The molecule has 206 valence electrons. The number of esters is 1. The molecule has 2 aromatic carbocycles. The standard InChI is InChI=1S/C29H31BrN2O6S/c1-7-37-28(34)25-17(4)31-29-32(26(25)20-13-22(35-5)23(36-6)14-21(20)30)27(33)24(39-29)12-18-8-10-19(11-9-18)38-15-16(2)3/h8-14,16,26H,7,15H2,1-6H3/b24-12+/t26-/m1/s1. The van der Waals surface area contributed by atoms with Gasteiger partial charge in [0.2, 0.25) is 0 Å². The predicted molar refractivity (Wildman–Crippen MR) is 154 cm³/mol. The summed E-state index contributed by atoms with van der Waals surface area (Å²) in [5.74, 6) is 1.65. The topological polar surface area (TPSA) is 88.4 Å². The van der Waals surface area contributed by atoms with Crippen LogP contribution in [0, 0.1) is 5.92 Å². The van der Waals surface area contributed by atoms with Gasteiger partial charge < -0.3 is 18.9 Å². The van der Waals surface area contributed by atoms with Gasteiger partial charge in [-0.3, -0.25) is 9.36 Å². The Labute approximate surface area is 239 Å². The number of allylic oxidation sites excluding steroid dienone is 1. The fourth-order valence-corrected chi connectivity index (χ4v) is 5.83. The maximum absolute atomic E-state index is 13.9. The summed E-state index contributed by atoms with van der Waals surface area (Å²) in [7, 11) is 3.08. The molecule has 39 heavy (non-hydrogen) atoms. The van der Waals surface area contributed by atoms with Gasteiger partial charge in [-0.15, -0.1) is 0 Å². The molecule has 4 rings (SSSR count). The zero-order chi connectivity index (χ0) is 28.3. The Balaban J connectivity index is 1.88. The fraction of sp³-hybridized carbons (Fsp3) is 0.345. The Morgan fingerprint density at radius 2 is 1.82 bits per heavy atom. The number of benzene rings is 2. The van der Waals surface area contributed by atoms with E-state index in [2.05, 4.69) is 34.8 Å². The first-order chi connectivity index (χ1) is 18.7. The number of methoxy groups -OCH3 is 2. The van der Waals surface area contributed by atoms with Gasteiger partial charge in [-0.25, -0.2) is 9.79 Å². The van der Waals surface area contributed by atoms with Crippen LogP contribution in [0.1, 0.15) is 44.9 Å². The van der Waals surface area contributed by atoms with Crippen LogP contribution >= 0.6 is 27.3 Å². The summed E-state index contributed by atoms with van der Waals surface area (Å²) >= 11 is 4.88. The molecule has 0 saturated heterocycles. The van der Waals surface area contributed by atoms with E-state index >= 15 is 0 Å². The van der Waals surface area contributed by atoms with E-state index in [1.807, 2.05) is 30.3 Å². The summed E-state index contributed by atoms with van der Waals surface area (Å²) < 4.78 is 24.8. The molecule has 3 aromatic rings. The number of hydrogen-bond acceptors (Lipinski definition) is 8. The lowest BCUT2D eigenvalue weighted by molar-refractivity contribution is -0.139. The highest BCUT2D eigenvalue weighted by Crippen LogP contribution is 2.40. The highest BCUT2D eigenvalue weighted by atomic mass is 79.9. The molecule has 0 radical (unpaired) electrons. The summed E-state index contributed by atoms with van der Waals surface area (Å²) in [6.07, 6.45) is 1.82. The molecule has 2 heterocycles. The molecule has 10 heteroatoms. The molecule has 1 aliphatic rings. The first-order valence-electron chi connectivity index (χ1n) is 12.5. The van der Waals surface area contributed by atoms with Crippen molar-refractivity contribution >= 4 is 39.3 Å². The van der Waals surface area contributed by atoms with E-state index in [1.54, 1.807) is 37.7 Å². The third-order valence-corrected chi connectivity index (χ3v) is 7.75. The molecule has 0 aliphatic carbocycles. The Bertz CT molecular complexity index is 1590. The molecule has 8 nitrogen and oxygen atoms in total. The van der Waals surface area contributed by atoms with Crippen molar-refractivity contribution in [2.24, 2.45) is 10.9 Å². The number of halogens is 1. The van der Waals surface area contributed by atoms with Gasteiger partial charge in [0, 0.05) is 4.47 Å². The van der Waals surface area contributed by atoms with Crippen LogP contribution in [-0.2, 0) is 9.53 Å². The highest BCUT2D eigenvalue weighted by molar-refractivity contribution is 9.10. The van der Waals surface area contributed by atoms with Gasteiger partial charge in [0.15, 0.2) is 16.3 Å². The third-order valence-electron chi connectivity index (χ3n) is 6.08. The molecule has 1 aromatic heterocycles. The number of rotatable bonds is 9. The van der Waals surface area contributed by atoms with Gasteiger partial charge in [-0.1, -0.05) is 53.2 Å². The minimum absolute atomic E-state index is 0.191. The molecule has 0 amide bonds. The average Bonchev–Trinajstić information content (AvgIpc) is 3.21. The minimum atomic E-state index is -0.788. The van der Waals surface area contributed by atoms with E-state index in [0.717, 1.165) is 11.3 Å². The van der Waals surface area contributed by atoms with Gasteiger partial charge in [0.1, 0.15) is 5.75 Å². The van der Waals surface area contributed by atoms with Gasteiger partial charge in [0.05, 0.1) is 49.3 Å². The lowest BCUT2D eigenvalue weighted by atomic mass is 9.95. The molecule has 0 fully saturated rings. The second-order valence-corrected chi connectivity index (χ2v) is 11.2. The number of nitrogens with zero attached hydrogens (tertiary/aromatic N) is 2. The molecule has 0 spiro atoms. The van der Waals surface area contributed by atoms with E-state index in [-0.39, 0.29) is 17.7 Å². The van der Waals surface area contributed by atoms with E-state index in [4.69, 9.17) is 18.9 Å². The Kier molecular flexibility index (Phi) is 8.97. The van der Waals surface area contributed by atoms with Crippen molar-refractivity contribution < 1.29 is 23.7 Å². The molecule has 1 aliphatic heterocycles. The van der Waals surface area contributed by atoms with Crippen molar-refractivity contribution in [1.29, 1.82) is 0 Å². The van der Waals surface area contributed by atoms with Crippen LogP contribution in [0.5, 0.6) is 17.2 Å². The van der Waals surface area contributed by atoms with Crippen LogP contribution < -0.4 is 29.1 Å². The van der Waals surface area contributed by atoms with Crippen molar-refractivity contribution in [2.45, 2.75) is 33.7 Å². The maximum Gasteiger partial charge on any atom is 0.338 e. The minimum Gasteiger partial charge on any atom is -0.493 e. The number of fused-ring (bicyclic) bond motifs is 1. The van der Waals surface area contributed by atoms with Crippen molar-refractivity contribution in [3.05, 3.63) is 83.0 Å². The van der Waals surface area contributed by atoms with Crippen LogP contribution in [-0.4, -0.2) is 38.0 Å². The van der Waals surface area contributed by atoms with Crippen molar-refractivity contribution in [3.8, 4) is 17.2 Å². The molecule has 0 N–H and O–H groups in total. The molecule has 1 atom stereocenters. The predicted octanol–water partition coefficient (Wildman–Crippen LogP) is 4.61. The van der Waals surface area contributed by atoms with Gasteiger partial charge in [0.25, 0.3) is 5.56 Å². The second kappa shape index (κ2) is 12.2. The van der Waals surface area contributed by atoms with E-state index < -0.39 is 12.0 Å². The summed E-state index contributed by atoms with van der Waals surface area (Å²) in [6, 6.07) is 10.3. The largest absolute Gasteiger partial charge is 0.493 e. The zero-order valence-electron chi connectivity index (χ0n) is 22.7. The summed E-state index contributed by atoms with van der Waals surface area (Å²) in [4.78, 5) is 32.2. The Morgan fingerprint density at radius 3 is 2.44 bits per heavy atom. The third kappa shape index (κ3) is 5.96. The second-order valence-electron chi connectivity index (χ2n) is 9.30. The van der Waals surface area contributed by atoms with Gasteiger partial charge in [-0.2, -0.15) is 0 Å².